The highest BCUT2D eigenvalue weighted by atomic mass is 35.5. The molecule has 1 amide bonds. The van der Waals surface area contributed by atoms with Gasteiger partial charge in [-0.1, -0.05) is 18.2 Å². The van der Waals surface area contributed by atoms with E-state index in [9.17, 15) is 4.79 Å². The number of likely N-dealkylation sites (N-methyl/N-ethyl adjacent to an activating group) is 1. The van der Waals surface area contributed by atoms with Crippen molar-refractivity contribution in [3.63, 3.8) is 0 Å². The number of carbonyl (C=O) groups excluding carboxylic acids is 1. The predicted molar refractivity (Wildman–Crippen MR) is 90.1 cm³/mol. The first-order valence-electron chi connectivity index (χ1n) is 7.48. The van der Waals surface area contributed by atoms with Crippen molar-refractivity contribution in [2.24, 2.45) is 0 Å². The molecule has 3 rings (SSSR count). The highest BCUT2D eigenvalue weighted by Crippen LogP contribution is 2.19. The third-order valence-corrected chi connectivity index (χ3v) is 3.98. The molecule has 1 aromatic carbocycles. The summed E-state index contributed by atoms with van der Waals surface area (Å²) in [6, 6.07) is 11.5. The zero-order valence-corrected chi connectivity index (χ0v) is 13.8. The van der Waals surface area contributed by atoms with Crippen LogP contribution in [-0.2, 0) is 6.61 Å². The Balaban J connectivity index is 0.00000192. The number of carbonyl (C=O) groups is 1. The van der Waals surface area contributed by atoms with Crippen LogP contribution in [0.4, 0.5) is 0 Å². The van der Waals surface area contributed by atoms with Crippen molar-refractivity contribution in [1.82, 2.24) is 10.2 Å². The van der Waals surface area contributed by atoms with Crippen LogP contribution in [0.1, 0.15) is 22.5 Å². The molecule has 0 spiro atoms. The number of ether oxygens (including phenoxy) is 1. The van der Waals surface area contributed by atoms with Gasteiger partial charge in [0.25, 0.3) is 5.91 Å². The SMILES string of the molecule is CN(C(=O)c1occc1COc1ccccc1)C1CCNC1.Cl. The Morgan fingerprint density at radius 2 is 2.13 bits per heavy atom. The number of hydrogen-bond acceptors (Lipinski definition) is 4. The van der Waals surface area contributed by atoms with Crippen LogP contribution >= 0.6 is 12.4 Å². The fourth-order valence-electron chi connectivity index (χ4n) is 2.61. The highest BCUT2D eigenvalue weighted by Gasteiger charge is 2.27. The van der Waals surface area contributed by atoms with Gasteiger partial charge in [-0.2, -0.15) is 0 Å². The summed E-state index contributed by atoms with van der Waals surface area (Å²) in [5, 5.41) is 3.27. The maximum Gasteiger partial charge on any atom is 0.290 e. The number of halogens is 1. The van der Waals surface area contributed by atoms with Crippen molar-refractivity contribution in [1.29, 1.82) is 0 Å². The average Bonchev–Trinajstić information content (AvgIpc) is 3.24. The number of rotatable bonds is 5. The van der Waals surface area contributed by atoms with Crippen LogP contribution in [0.25, 0.3) is 0 Å². The number of benzene rings is 1. The molecule has 23 heavy (non-hydrogen) atoms. The molecule has 1 aliphatic heterocycles. The van der Waals surface area contributed by atoms with E-state index in [1.165, 1.54) is 6.26 Å². The summed E-state index contributed by atoms with van der Waals surface area (Å²) in [6.07, 6.45) is 2.51. The number of hydrogen-bond donors (Lipinski definition) is 1. The summed E-state index contributed by atoms with van der Waals surface area (Å²) in [4.78, 5) is 14.3. The van der Waals surface area contributed by atoms with Gasteiger partial charge in [0, 0.05) is 25.2 Å². The summed E-state index contributed by atoms with van der Waals surface area (Å²) in [5.74, 6) is 1.05. The maximum atomic E-state index is 12.6. The zero-order chi connectivity index (χ0) is 15.4. The Hall–Kier alpha value is -1.98. The Morgan fingerprint density at radius 3 is 2.83 bits per heavy atom. The lowest BCUT2D eigenvalue weighted by Crippen LogP contribution is -2.38. The van der Waals surface area contributed by atoms with Crippen LogP contribution in [0, 0.1) is 0 Å². The second-order valence-corrected chi connectivity index (χ2v) is 5.44. The predicted octanol–water partition coefficient (Wildman–Crippen LogP) is 2.71. The first-order valence-corrected chi connectivity index (χ1v) is 7.48. The molecule has 0 bridgehead atoms. The molecule has 1 aromatic heterocycles. The minimum Gasteiger partial charge on any atom is -0.489 e. The second-order valence-electron chi connectivity index (χ2n) is 5.44. The van der Waals surface area contributed by atoms with Crippen LogP contribution in [-0.4, -0.2) is 37.0 Å². The van der Waals surface area contributed by atoms with Gasteiger partial charge in [0.15, 0.2) is 5.76 Å². The van der Waals surface area contributed by atoms with Crippen LogP contribution < -0.4 is 10.1 Å². The van der Waals surface area contributed by atoms with Crippen LogP contribution in [0.5, 0.6) is 5.75 Å². The number of nitrogens with one attached hydrogen (secondary N) is 1. The Kier molecular flexibility index (Phi) is 6.07. The van der Waals surface area contributed by atoms with Crippen LogP contribution in [0.2, 0.25) is 0 Å². The number of para-hydroxylation sites is 1. The minimum atomic E-state index is -0.0923. The summed E-state index contributed by atoms with van der Waals surface area (Å²) >= 11 is 0. The summed E-state index contributed by atoms with van der Waals surface area (Å²) in [7, 11) is 1.82. The quantitative estimate of drug-likeness (QED) is 0.912. The highest BCUT2D eigenvalue weighted by molar-refractivity contribution is 5.93. The molecule has 2 heterocycles. The van der Waals surface area contributed by atoms with E-state index in [4.69, 9.17) is 9.15 Å². The van der Waals surface area contributed by atoms with Gasteiger partial charge in [-0.3, -0.25) is 4.79 Å². The summed E-state index contributed by atoms with van der Waals surface area (Å²) in [5.41, 5.74) is 0.770. The van der Waals surface area contributed by atoms with E-state index in [1.807, 2.05) is 37.4 Å². The van der Waals surface area contributed by atoms with Crippen molar-refractivity contribution >= 4 is 18.3 Å². The maximum absolute atomic E-state index is 12.6. The molecule has 2 aromatic rings. The van der Waals surface area contributed by atoms with Crippen molar-refractivity contribution in [3.8, 4) is 5.75 Å². The molecule has 1 atom stereocenters. The molecule has 1 unspecified atom stereocenters. The average molecular weight is 337 g/mol. The first-order chi connectivity index (χ1) is 10.8. The van der Waals surface area contributed by atoms with Gasteiger partial charge < -0.3 is 19.4 Å². The van der Waals surface area contributed by atoms with Crippen LogP contribution in [0.3, 0.4) is 0 Å². The Bertz CT molecular complexity index is 624. The fraction of sp³-hybridized carbons (Fsp3) is 0.353. The monoisotopic (exact) mass is 336 g/mol. The second kappa shape index (κ2) is 8.04. The van der Waals surface area contributed by atoms with E-state index in [2.05, 4.69) is 5.32 Å². The van der Waals surface area contributed by atoms with E-state index in [1.54, 1.807) is 11.0 Å². The van der Waals surface area contributed by atoms with Crippen molar-refractivity contribution < 1.29 is 13.9 Å². The molecule has 1 N–H and O–H groups in total. The van der Waals surface area contributed by atoms with E-state index >= 15 is 0 Å². The van der Waals surface area contributed by atoms with Gasteiger partial charge in [-0.05, 0) is 31.2 Å². The van der Waals surface area contributed by atoms with Crippen molar-refractivity contribution in [3.05, 3.63) is 54.0 Å². The Labute approximate surface area is 142 Å². The molecule has 5 nitrogen and oxygen atoms in total. The molecule has 124 valence electrons. The zero-order valence-electron chi connectivity index (χ0n) is 13.0. The van der Waals surface area contributed by atoms with Gasteiger partial charge in [0.05, 0.1) is 6.26 Å². The van der Waals surface area contributed by atoms with Crippen molar-refractivity contribution in [2.75, 3.05) is 20.1 Å². The van der Waals surface area contributed by atoms with Gasteiger partial charge >= 0.3 is 0 Å². The molecule has 0 aliphatic carbocycles. The lowest BCUT2D eigenvalue weighted by atomic mass is 10.2. The third kappa shape index (κ3) is 4.06. The largest absolute Gasteiger partial charge is 0.489 e. The van der Waals surface area contributed by atoms with E-state index < -0.39 is 0 Å². The first kappa shape index (κ1) is 17.4. The molecule has 0 saturated carbocycles. The number of amides is 1. The van der Waals surface area contributed by atoms with Gasteiger partial charge in [-0.15, -0.1) is 12.4 Å². The standard InChI is InChI=1S/C17H20N2O3.ClH/c1-19(14-7-9-18-11-14)17(20)16-13(8-10-21-16)12-22-15-5-3-2-4-6-15;/h2-6,8,10,14,18H,7,9,11-12H2,1H3;1H. The van der Waals surface area contributed by atoms with E-state index in [-0.39, 0.29) is 24.4 Å². The Morgan fingerprint density at radius 1 is 1.35 bits per heavy atom. The minimum absolute atomic E-state index is 0. The van der Waals surface area contributed by atoms with E-state index in [0.717, 1.165) is 30.8 Å². The van der Waals surface area contributed by atoms with Crippen LogP contribution in [0.15, 0.2) is 47.1 Å². The molecular formula is C17H21ClN2O3. The number of nitrogens with zero attached hydrogens (tertiary/aromatic N) is 1. The topological polar surface area (TPSA) is 54.7 Å². The van der Waals surface area contributed by atoms with Gasteiger partial charge in [-0.25, -0.2) is 0 Å². The lowest BCUT2D eigenvalue weighted by molar-refractivity contribution is 0.0708. The normalized spacial score (nSPS) is 16.7. The fourth-order valence-corrected chi connectivity index (χ4v) is 2.61. The number of furan rings is 1. The molecule has 1 aliphatic rings. The van der Waals surface area contributed by atoms with Crippen molar-refractivity contribution in [2.45, 2.75) is 19.1 Å². The molecule has 1 fully saturated rings. The molecule has 1 saturated heterocycles. The lowest BCUT2D eigenvalue weighted by Gasteiger charge is -2.23. The molecule has 0 radical (unpaired) electrons. The molecule has 6 heteroatoms. The summed E-state index contributed by atoms with van der Waals surface area (Å²) in [6.45, 7) is 2.10. The summed E-state index contributed by atoms with van der Waals surface area (Å²) < 4.78 is 11.1. The van der Waals surface area contributed by atoms with E-state index in [0.29, 0.717) is 12.4 Å². The van der Waals surface area contributed by atoms with Gasteiger partial charge in [0.2, 0.25) is 0 Å². The smallest absolute Gasteiger partial charge is 0.290 e. The molecular weight excluding hydrogens is 316 g/mol. The third-order valence-electron chi connectivity index (χ3n) is 3.98. The van der Waals surface area contributed by atoms with Gasteiger partial charge in [0.1, 0.15) is 12.4 Å².